The second kappa shape index (κ2) is 14.0. The van der Waals surface area contributed by atoms with Crippen molar-refractivity contribution in [3.8, 4) is 5.75 Å². The van der Waals surface area contributed by atoms with Crippen LogP contribution in [0.5, 0.6) is 5.75 Å². The third kappa shape index (κ3) is 7.41. The van der Waals surface area contributed by atoms with Crippen LogP contribution in [-0.4, -0.2) is 60.4 Å². The van der Waals surface area contributed by atoms with Gasteiger partial charge in [0.05, 0.1) is 23.7 Å². The van der Waals surface area contributed by atoms with Crippen LogP contribution in [0.25, 0.3) is 0 Å². The number of fused-ring (bicyclic) bond motifs is 1. The number of carbonyl (C=O) groups excluding carboxylic acids is 2. The lowest BCUT2D eigenvalue weighted by atomic mass is 10.00. The quantitative estimate of drug-likeness (QED) is 0.290. The Labute approximate surface area is 234 Å². The molecule has 2 atom stereocenters. The van der Waals surface area contributed by atoms with Gasteiger partial charge in [-0.05, 0) is 38.3 Å². The summed E-state index contributed by atoms with van der Waals surface area (Å²) in [5, 5.41) is 17.8. The summed E-state index contributed by atoms with van der Waals surface area (Å²) in [6.45, 7) is 5.98. The standard InChI is InChI=1S/C29H38N4O7/c1-3-5-8-20(28-39-19-21-9-6-7-10-26(21)40-28)18-30-27(34)24-17-23(33(36)37)11-12-25(24)31-22-13-15-32(16-14-22)29(35)38-4-2/h6-7,9-12,17,20,22,28,31H,3-5,8,13-16,18-19H2,1-2H3,(H,30,34). The van der Waals surface area contributed by atoms with Crippen LogP contribution in [0, 0.1) is 16.0 Å². The van der Waals surface area contributed by atoms with Gasteiger partial charge >= 0.3 is 6.09 Å². The number of benzene rings is 2. The van der Waals surface area contributed by atoms with Crippen molar-refractivity contribution in [2.45, 2.75) is 64.9 Å². The number of amides is 2. The van der Waals surface area contributed by atoms with Gasteiger partial charge < -0.3 is 29.7 Å². The number of ether oxygens (including phenoxy) is 3. The average Bonchev–Trinajstić information content (AvgIpc) is 2.97. The Balaban J connectivity index is 1.43. The van der Waals surface area contributed by atoms with Gasteiger partial charge in [-0.2, -0.15) is 0 Å². The number of rotatable bonds is 11. The van der Waals surface area contributed by atoms with E-state index in [1.807, 2.05) is 24.3 Å². The zero-order valence-corrected chi connectivity index (χ0v) is 23.1. The maximum atomic E-state index is 13.4. The number of para-hydroxylation sites is 1. The molecule has 0 saturated carbocycles. The van der Waals surface area contributed by atoms with Gasteiger partial charge in [0.25, 0.3) is 11.6 Å². The monoisotopic (exact) mass is 554 g/mol. The van der Waals surface area contributed by atoms with Gasteiger partial charge in [-0.3, -0.25) is 14.9 Å². The Morgan fingerprint density at radius 1 is 1.18 bits per heavy atom. The fraction of sp³-hybridized carbons (Fsp3) is 0.517. The first-order valence-electron chi connectivity index (χ1n) is 14.0. The molecule has 2 heterocycles. The largest absolute Gasteiger partial charge is 0.464 e. The van der Waals surface area contributed by atoms with Crippen LogP contribution in [0.15, 0.2) is 42.5 Å². The van der Waals surface area contributed by atoms with E-state index in [1.165, 1.54) is 12.1 Å². The second-order valence-corrected chi connectivity index (χ2v) is 10.1. The van der Waals surface area contributed by atoms with E-state index in [4.69, 9.17) is 14.2 Å². The molecule has 40 heavy (non-hydrogen) atoms. The molecule has 11 heteroatoms. The van der Waals surface area contributed by atoms with Crippen molar-refractivity contribution in [3.05, 3.63) is 63.7 Å². The molecule has 4 rings (SSSR count). The SMILES string of the molecule is CCCCC(CNC(=O)c1cc([N+](=O)[O-])ccc1NC1CCN(C(=O)OCC)CC1)C1OCc2ccccc2O1. The van der Waals surface area contributed by atoms with Gasteiger partial charge in [0.1, 0.15) is 5.75 Å². The summed E-state index contributed by atoms with van der Waals surface area (Å²) >= 11 is 0. The van der Waals surface area contributed by atoms with Crippen molar-refractivity contribution >= 4 is 23.4 Å². The molecule has 0 aromatic heterocycles. The number of nitro benzene ring substituents is 1. The highest BCUT2D eigenvalue weighted by Gasteiger charge is 2.30. The van der Waals surface area contributed by atoms with Crippen LogP contribution >= 0.6 is 0 Å². The van der Waals surface area contributed by atoms with Crippen LogP contribution in [0.3, 0.4) is 0 Å². The maximum Gasteiger partial charge on any atom is 0.409 e. The molecule has 2 aliphatic heterocycles. The highest BCUT2D eigenvalue weighted by molar-refractivity contribution is 6.00. The smallest absolute Gasteiger partial charge is 0.409 e. The first-order chi connectivity index (χ1) is 19.4. The molecule has 216 valence electrons. The fourth-order valence-electron chi connectivity index (χ4n) is 5.02. The van der Waals surface area contributed by atoms with E-state index in [-0.39, 0.29) is 29.3 Å². The minimum absolute atomic E-state index is 0.0000855. The number of piperidine rings is 1. The molecule has 0 radical (unpaired) electrons. The van der Waals surface area contributed by atoms with Crippen LogP contribution in [0.1, 0.15) is 61.9 Å². The predicted molar refractivity (Wildman–Crippen MR) is 149 cm³/mol. The Hall–Kier alpha value is -3.86. The third-order valence-corrected chi connectivity index (χ3v) is 7.30. The van der Waals surface area contributed by atoms with Crippen molar-refractivity contribution in [2.24, 2.45) is 5.92 Å². The van der Waals surface area contributed by atoms with Crippen molar-refractivity contribution in [3.63, 3.8) is 0 Å². The van der Waals surface area contributed by atoms with Crippen molar-refractivity contribution in [2.75, 3.05) is 31.6 Å². The fourth-order valence-corrected chi connectivity index (χ4v) is 5.02. The average molecular weight is 555 g/mol. The number of nitrogens with zero attached hydrogens (tertiary/aromatic N) is 2. The van der Waals surface area contributed by atoms with Gasteiger partial charge in [0, 0.05) is 55.0 Å². The van der Waals surface area contributed by atoms with E-state index in [0.717, 1.165) is 30.6 Å². The van der Waals surface area contributed by atoms with Gasteiger partial charge in [-0.15, -0.1) is 0 Å². The number of hydrogen-bond acceptors (Lipinski definition) is 8. The molecule has 2 aliphatic rings. The minimum atomic E-state index is -0.510. The van der Waals surface area contributed by atoms with Gasteiger partial charge in [0.15, 0.2) is 0 Å². The van der Waals surface area contributed by atoms with E-state index in [2.05, 4.69) is 17.6 Å². The molecule has 2 unspecified atom stereocenters. The molecule has 0 spiro atoms. The van der Waals surface area contributed by atoms with Crippen LogP contribution in [-0.2, 0) is 16.1 Å². The summed E-state index contributed by atoms with van der Waals surface area (Å²) in [5.41, 5.74) is 1.54. The zero-order valence-electron chi connectivity index (χ0n) is 23.1. The highest BCUT2D eigenvalue weighted by atomic mass is 16.7. The molecule has 2 amide bonds. The molecule has 11 nitrogen and oxygen atoms in total. The molecule has 2 N–H and O–H groups in total. The molecule has 0 bridgehead atoms. The van der Waals surface area contributed by atoms with Crippen molar-refractivity contribution < 1.29 is 28.7 Å². The summed E-state index contributed by atoms with van der Waals surface area (Å²) < 4.78 is 17.2. The molecule has 0 aliphatic carbocycles. The number of carbonyl (C=O) groups is 2. The van der Waals surface area contributed by atoms with Crippen LogP contribution in [0.2, 0.25) is 0 Å². The molecule has 1 saturated heterocycles. The van der Waals surface area contributed by atoms with Gasteiger partial charge in [-0.25, -0.2) is 4.79 Å². The lowest BCUT2D eigenvalue weighted by Gasteiger charge is -2.33. The lowest BCUT2D eigenvalue weighted by molar-refractivity contribution is -0.384. The van der Waals surface area contributed by atoms with Crippen LogP contribution < -0.4 is 15.4 Å². The first-order valence-corrected chi connectivity index (χ1v) is 14.0. The van der Waals surface area contributed by atoms with Crippen molar-refractivity contribution in [1.82, 2.24) is 10.2 Å². The number of non-ortho nitro benzene ring substituents is 1. The maximum absolute atomic E-state index is 13.4. The summed E-state index contributed by atoms with van der Waals surface area (Å²) in [5.74, 6) is 0.276. The number of hydrogen-bond donors (Lipinski definition) is 2. The van der Waals surface area contributed by atoms with Crippen LogP contribution in [0.4, 0.5) is 16.2 Å². The Kier molecular flexibility index (Phi) is 10.2. The van der Waals surface area contributed by atoms with E-state index >= 15 is 0 Å². The van der Waals surface area contributed by atoms with E-state index in [1.54, 1.807) is 17.9 Å². The number of unbranched alkanes of at least 4 members (excludes halogenated alkanes) is 1. The molecular formula is C29H38N4O7. The van der Waals surface area contributed by atoms with E-state index in [0.29, 0.717) is 51.4 Å². The molecular weight excluding hydrogens is 516 g/mol. The molecule has 2 aromatic carbocycles. The molecule has 2 aromatic rings. The number of anilines is 1. The lowest BCUT2D eigenvalue weighted by Crippen LogP contribution is -2.43. The summed E-state index contributed by atoms with van der Waals surface area (Å²) in [7, 11) is 0. The van der Waals surface area contributed by atoms with Gasteiger partial charge in [-0.1, -0.05) is 38.0 Å². The predicted octanol–water partition coefficient (Wildman–Crippen LogP) is 5.10. The highest BCUT2D eigenvalue weighted by Crippen LogP contribution is 2.30. The number of nitro groups is 1. The molecule has 1 fully saturated rings. The first kappa shape index (κ1) is 29.1. The topological polar surface area (TPSA) is 132 Å². The summed E-state index contributed by atoms with van der Waals surface area (Å²) in [4.78, 5) is 38.1. The third-order valence-electron chi connectivity index (χ3n) is 7.30. The number of nitrogens with one attached hydrogen (secondary N) is 2. The van der Waals surface area contributed by atoms with E-state index < -0.39 is 17.1 Å². The number of likely N-dealkylation sites (tertiary alicyclic amines) is 1. The van der Waals surface area contributed by atoms with Gasteiger partial charge in [0.2, 0.25) is 6.29 Å². The Morgan fingerprint density at radius 2 is 1.95 bits per heavy atom. The second-order valence-electron chi connectivity index (χ2n) is 10.1. The van der Waals surface area contributed by atoms with Crippen molar-refractivity contribution in [1.29, 1.82) is 0 Å². The van der Waals surface area contributed by atoms with E-state index in [9.17, 15) is 19.7 Å². The Bertz CT molecular complexity index is 1180. The minimum Gasteiger partial charge on any atom is -0.464 e. The summed E-state index contributed by atoms with van der Waals surface area (Å²) in [6.07, 6.45) is 3.21. The summed E-state index contributed by atoms with van der Waals surface area (Å²) in [6, 6.07) is 12.0. The normalized spacial score (nSPS) is 17.8. The Morgan fingerprint density at radius 3 is 2.67 bits per heavy atom. The zero-order chi connectivity index (χ0) is 28.5.